The lowest BCUT2D eigenvalue weighted by Crippen LogP contribution is -2.10. The maximum absolute atomic E-state index is 13.3. The van der Waals surface area contributed by atoms with Crippen LogP contribution in [0.3, 0.4) is 0 Å². The van der Waals surface area contributed by atoms with E-state index in [2.05, 4.69) is 0 Å². The second-order valence-electron chi connectivity index (χ2n) is 7.29. The van der Waals surface area contributed by atoms with E-state index < -0.39 is 5.97 Å². The first-order chi connectivity index (χ1) is 15.5. The van der Waals surface area contributed by atoms with Crippen LogP contribution in [0.4, 0.5) is 0 Å². The van der Waals surface area contributed by atoms with Crippen molar-refractivity contribution >= 4 is 16.9 Å². The maximum atomic E-state index is 13.3. The molecule has 0 N–H and O–H groups in total. The van der Waals surface area contributed by atoms with Gasteiger partial charge in [-0.1, -0.05) is 23.8 Å². The Morgan fingerprint density at radius 2 is 1.66 bits per heavy atom. The van der Waals surface area contributed by atoms with Gasteiger partial charge in [0.05, 0.1) is 25.2 Å². The second-order valence-corrected chi connectivity index (χ2v) is 7.29. The Labute approximate surface area is 185 Å². The fraction of sp³-hybridized carbons (Fsp3) is 0.154. The summed E-state index contributed by atoms with van der Waals surface area (Å²) in [5.74, 6) is 0.760. The van der Waals surface area contributed by atoms with Crippen LogP contribution in [0.1, 0.15) is 21.5 Å². The summed E-state index contributed by atoms with van der Waals surface area (Å²) in [6.07, 6.45) is 0. The molecule has 4 aromatic rings. The van der Waals surface area contributed by atoms with Gasteiger partial charge < -0.3 is 18.6 Å². The number of carbonyl (C=O) groups excluding carboxylic acids is 1. The lowest BCUT2D eigenvalue weighted by atomic mass is 10.1. The Hall–Kier alpha value is -4.06. The SMILES string of the molecule is COC(=O)c1ccc(COc2c(-c3ccc(OC)cc3)oc3ccc(C)cc3c2=O)cc1. The normalized spacial score (nSPS) is 10.7. The summed E-state index contributed by atoms with van der Waals surface area (Å²) in [7, 11) is 2.92. The molecule has 3 aromatic carbocycles. The molecule has 6 nitrogen and oxygen atoms in total. The van der Waals surface area contributed by atoms with Crippen LogP contribution in [-0.4, -0.2) is 20.2 Å². The van der Waals surface area contributed by atoms with Crippen molar-refractivity contribution < 1.29 is 23.4 Å². The van der Waals surface area contributed by atoms with Gasteiger partial charge in [0.2, 0.25) is 11.2 Å². The molecule has 0 aliphatic carbocycles. The van der Waals surface area contributed by atoms with Crippen molar-refractivity contribution in [2.24, 2.45) is 0 Å². The number of hydrogen-bond donors (Lipinski definition) is 0. The zero-order valence-corrected chi connectivity index (χ0v) is 18.0. The van der Waals surface area contributed by atoms with Gasteiger partial charge in [0, 0.05) is 5.56 Å². The van der Waals surface area contributed by atoms with E-state index in [1.165, 1.54) is 7.11 Å². The van der Waals surface area contributed by atoms with Gasteiger partial charge in [-0.15, -0.1) is 0 Å². The monoisotopic (exact) mass is 430 g/mol. The number of aryl methyl sites for hydroxylation is 1. The molecule has 0 amide bonds. The largest absolute Gasteiger partial charge is 0.497 e. The molecule has 0 aliphatic rings. The summed E-state index contributed by atoms with van der Waals surface area (Å²) in [5.41, 5.74) is 3.12. The molecule has 32 heavy (non-hydrogen) atoms. The Morgan fingerprint density at radius 3 is 2.31 bits per heavy atom. The van der Waals surface area contributed by atoms with Crippen molar-refractivity contribution in [3.05, 3.63) is 93.6 Å². The van der Waals surface area contributed by atoms with Crippen molar-refractivity contribution in [2.75, 3.05) is 14.2 Å². The average molecular weight is 430 g/mol. The Kier molecular flexibility index (Phi) is 5.94. The lowest BCUT2D eigenvalue weighted by molar-refractivity contribution is 0.0600. The zero-order chi connectivity index (χ0) is 22.7. The van der Waals surface area contributed by atoms with Crippen LogP contribution in [0.5, 0.6) is 11.5 Å². The molecule has 0 saturated heterocycles. The highest BCUT2D eigenvalue weighted by molar-refractivity contribution is 5.89. The molecule has 1 aromatic heterocycles. The maximum Gasteiger partial charge on any atom is 0.337 e. The first kappa shape index (κ1) is 21.2. The van der Waals surface area contributed by atoms with E-state index in [0.717, 1.165) is 11.1 Å². The third kappa shape index (κ3) is 4.21. The van der Waals surface area contributed by atoms with Crippen LogP contribution in [0.2, 0.25) is 0 Å². The third-order valence-corrected chi connectivity index (χ3v) is 5.11. The summed E-state index contributed by atoms with van der Waals surface area (Å²) >= 11 is 0. The van der Waals surface area contributed by atoms with Gasteiger partial charge in [-0.05, 0) is 61.0 Å². The Morgan fingerprint density at radius 1 is 0.938 bits per heavy atom. The Bertz CT molecular complexity index is 1320. The molecule has 0 aliphatic heterocycles. The van der Waals surface area contributed by atoms with Gasteiger partial charge in [0.15, 0.2) is 5.76 Å². The summed E-state index contributed by atoms with van der Waals surface area (Å²) in [4.78, 5) is 25.0. The molecule has 0 radical (unpaired) electrons. The van der Waals surface area contributed by atoms with Crippen LogP contribution in [0.15, 0.2) is 75.9 Å². The van der Waals surface area contributed by atoms with Gasteiger partial charge in [0.1, 0.15) is 17.9 Å². The third-order valence-electron chi connectivity index (χ3n) is 5.11. The van der Waals surface area contributed by atoms with Crippen molar-refractivity contribution in [1.29, 1.82) is 0 Å². The van der Waals surface area contributed by atoms with E-state index in [1.807, 2.05) is 25.1 Å². The van der Waals surface area contributed by atoms with Gasteiger partial charge >= 0.3 is 5.97 Å². The van der Waals surface area contributed by atoms with Crippen molar-refractivity contribution in [1.82, 2.24) is 0 Å². The van der Waals surface area contributed by atoms with Gasteiger partial charge in [-0.25, -0.2) is 4.79 Å². The predicted octanol–water partition coefficient (Wildman–Crippen LogP) is 5.14. The minimum absolute atomic E-state index is 0.130. The molecule has 0 saturated carbocycles. The van der Waals surface area contributed by atoms with E-state index in [-0.39, 0.29) is 17.8 Å². The molecule has 0 bridgehead atoms. The van der Waals surface area contributed by atoms with E-state index >= 15 is 0 Å². The van der Waals surface area contributed by atoms with Crippen LogP contribution >= 0.6 is 0 Å². The molecule has 0 spiro atoms. The molecule has 4 rings (SSSR count). The highest BCUT2D eigenvalue weighted by Crippen LogP contribution is 2.32. The number of benzene rings is 3. The number of ether oxygens (including phenoxy) is 3. The van der Waals surface area contributed by atoms with E-state index in [1.54, 1.807) is 55.6 Å². The van der Waals surface area contributed by atoms with E-state index in [4.69, 9.17) is 18.6 Å². The summed E-state index contributed by atoms with van der Waals surface area (Å²) in [6, 6.07) is 19.5. The zero-order valence-electron chi connectivity index (χ0n) is 18.0. The van der Waals surface area contributed by atoms with Crippen molar-refractivity contribution in [3.8, 4) is 22.8 Å². The molecule has 0 atom stereocenters. The first-order valence-corrected chi connectivity index (χ1v) is 10.0. The predicted molar refractivity (Wildman–Crippen MR) is 121 cm³/mol. The number of hydrogen-bond acceptors (Lipinski definition) is 6. The lowest BCUT2D eigenvalue weighted by Gasteiger charge is -2.13. The molecule has 6 heteroatoms. The standard InChI is InChI=1S/C26H22O6/c1-16-4-13-22-21(14-16)23(27)25(24(32-22)18-9-11-20(29-2)12-10-18)31-15-17-5-7-19(8-6-17)26(28)30-3/h4-14H,15H2,1-3H3. The number of esters is 1. The smallest absolute Gasteiger partial charge is 0.337 e. The number of rotatable bonds is 6. The fourth-order valence-corrected chi connectivity index (χ4v) is 3.37. The minimum atomic E-state index is -0.412. The van der Waals surface area contributed by atoms with Crippen LogP contribution in [0, 0.1) is 6.92 Å². The average Bonchev–Trinajstić information content (AvgIpc) is 2.83. The number of carbonyl (C=O) groups is 1. The van der Waals surface area contributed by atoms with Gasteiger partial charge in [-0.2, -0.15) is 0 Å². The molecule has 0 fully saturated rings. The van der Waals surface area contributed by atoms with Gasteiger partial charge in [-0.3, -0.25) is 4.79 Å². The van der Waals surface area contributed by atoms with Crippen LogP contribution < -0.4 is 14.9 Å². The number of fused-ring (bicyclic) bond motifs is 1. The highest BCUT2D eigenvalue weighted by atomic mass is 16.5. The second kappa shape index (κ2) is 8.98. The molecular weight excluding hydrogens is 408 g/mol. The van der Waals surface area contributed by atoms with E-state index in [9.17, 15) is 9.59 Å². The first-order valence-electron chi connectivity index (χ1n) is 10.0. The number of methoxy groups -OCH3 is 2. The fourth-order valence-electron chi connectivity index (χ4n) is 3.37. The summed E-state index contributed by atoms with van der Waals surface area (Å²) in [5, 5.41) is 0.457. The minimum Gasteiger partial charge on any atom is -0.497 e. The molecule has 162 valence electrons. The van der Waals surface area contributed by atoms with E-state index in [0.29, 0.717) is 33.6 Å². The topological polar surface area (TPSA) is 75.0 Å². The molecule has 0 unspecified atom stereocenters. The molecular formula is C26H22O6. The van der Waals surface area contributed by atoms with Gasteiger partial charge in [0.25, 0.3) is 0 Å². The quantitative estimate of drug-likeness (QED) is 0.394. The van der Waals surface area contributed by atoms with Crippen LogP contribution in [-0.2, 0) is 11.3 Å². The van der Waals surface area contributed by atoms with Crippen LogP contribution in [0.25, 0.3) is 22.3 Å². The van der Waals surface area contributed by atoms with Crippen molar-refractivity contribution in [2.45, 2.75) is 13.5 Å². The van der Waals surface area contributed by atoms with Crippen molar-refractivity contribution in [3.63, 3.8) is 0 Å². The summed E-state index contributed by atoms with van der Waals surface area (Å²) in [6.45, 7) is 2.05. The molecule has 1 heterocycles. The highest BCUT2D eigenvalue weighted by Gasteiger charge is 2.18. The Balaban J connectivity index is 1.74. The summed E-state index contributed by atoms with van der Waals surface area (Å²) < 4.78 is 22.0.